The zero-order valence-electron chi connectivity index (χ0n) is 10.2. The van der Waals surface area contributed by atoms with Crippen LogP contribution in [0.3, 0.4) is 0 Å². The zero-order valence-corrected chi connectivity index (χ0v) is 11.0. The van der Waals surface area contributed by atoms with Crippen LogP contribution in [0.1, 0.15) is 29.6 Å². The minimum atomic E-state index is 0.223. The molecule has 0 bridgehead atoms. The third-order valence-electron chi connectivity index (χ3n) is 3.27. The molecule has 1 fully saturated rings. The lowest BCUT2D eigenvalue weighted by Gasteiger charge is -2.09. The van der Waals surface area contributed by atoms with Gasteiger partial charge in [0.1, 0.15) is 0 Å². The molecule has 1 aromatic carbocycles. The predicted molar refractivity (Wildman–Crippen MR) is 73.4 cm³/mol. The molecule has 0 amide bonds. The average molecular weight is 249 g/mol. The highest BCUT2D eigenvalue weighted by Gasteiger charge is 2.26. The summed E-state index contributed by atoms with van der Waals surface area (Å²) in [5, 5.41) is 3.96. The molecule has 3 heteroatoms. The molecule has 0 aromatic heterocycles. The Kier molecular flexibility index (Phi) is 4.63. The molecule has 1 saturated carbocycles. The van der Waals surface area contributed by atoms with E-state index in [0.29, 0.717) is 5.25 Å². The maximum Gasteiger partial charge on any atom is 0.219 e. The second-order valence-electron chi connectivity index (χ2n) is 4.63. The molecule has 0 spiro atoms. The number of nitrogens with one attached hydrogen (secondary N) is 1. The lowest BCUT2D eigenvalue weighted by molar-refractivity contribution is 0.108. The molecule has 92 valence electrons. The normalized spacial score (nSPS) is 23.8. The van der Waals surface area contributed by atoms with Gasteiger partial charge in [-0.2, -0.15) is 0 Å². The summed E-state index contributed by atoms with van der Waals surface area (Å²) in [5.41, 5.74) is 0.828. The number of hydrogen-bond acceptors (Lipinski definition) is 3. The van der Waals surface area contributed by atoms with E-state index in [2.05, 4.69) is 5.32 Å². The van der Waals surface area contributed by atoms with E-state index in [1.54, 1.807) is 0 Å². The number of benzene rings is 1. The maximum atomic E-state index is 12.0. The predicted octanol–water partition coefficient (Wildman–Crippen LogP) is 2.95. The molecule has 1 aromatic rings. The summed E-state index contributed by atoms with van der Waals surface area (Å²) in [6.07, 6.45) is 3.60. The molecule has 1 aliphatic rings. The molecule has 2 rings (SSSR count). The van der Waals surface area contributed by atoms with Crippen LogP contribution < -0.4 is 5.32 Å². The average Bonchev–Trinajstić information content (AvgIpc) is 2.78. The van der Waals surface area contributed by atoms with Crippen LogP contribution >= 0.6 is 11.8 Å². The van der Waals surface area contributed by atoms with Crippen LogP contribution in [0.2, 0.25) is 0 Å². The lowest BCUT2D eigenvalue weighted by Crippen LogP contribution is -2.16. The summed E-state index contributed by atoms with van der Waals surface area (Å²) in [5.74, 6) is 0.751. The zero-order chi connectivity index (χ0) is 12.1. The monoisotopic (exact) mass is 249 g/mol. The van der Waals surface area contributed by atoms with Gasteiger partial charge >= 0.3 is 0 Å². The van der Waals surface area contributed by atoms with Crippen LogP contribution in [0.5, 0.6) is 0 Å². The van der Waals surface area contributed by atoms with Crippen molar-refractivity contribution in [3.63, 3.8) is 0 Å². The van der Waals surface area contributed by atoms with Gasteiger partial charge in [0.15, 0.2) is 0 Å². The molecule has 0 radical (unpaired) electrons. The van der Waals surface area contributed by atoms with Crippen molar-refractivity contribution in [3.05, 3.63) is 35.9 Å². The van der Waals surface area contributed by atoms with Gasteiger partial charge in [-0.05, 0) is 38.8 Å². The van der Waals surface area contributed by atoms with Gasteiger partial charge in [0, 0.05) is 10.8 Å². The molecule has 2 atom stereocenters. The summed E-state index contributed by atoms with van der Waals surface area (Å²) < 4.78 is 0. The van der Waals surface area contributed by atoms with Crippen molar-refractivity contribution in [2.75, 3.05) is 13.6 Å². The summed E-state index contributed by atoms with van der Waals surface area (Å²) in [7, 11) is 2.00. The molecule has 0 heterocycles. The van der Waals surface area contributed by atoms with Crippen molar-refractivity contribution in [1.29, 1.82) is 0 Å². The number of thioether (sulfide) groups is 1. The number of rotatable bonds is 4. The molecule has 0 unspecified atom stereocenters. The van der Waals surface area contributed by atoms with E-state index >= 15 is 0 Å². The second-order valence-corrected chi connectivity index (χ2v) is 5.90. The van der Waals surface area contributed by atoms with E-state index in [-0.39, 0.29) is 5.12 Å². The van der Waals surface area contributed by atoms with Crippen molar-refractivity contribution < 1.29 is 4.79 Å². The number of carbonyl (C=O) groups is 1. The maximum absolute atomic E-state index is 12.0. The summed E-state index contributed by atoms with van der Waals surface area (Å²) >= 11 is 1.52. The van der Waals surface area contributed by atoms with Crippen molar-refractivity contribution in [1.82, 2.24) is 5.32 Å². The van der Waals surface area contributed by atoms with Crippen LogP contribution in [-0.4, -0.2) is 24.0 Å². The molecule has 0 aliphatic heterocycles. The molecule has 1 N–H and O–H groups in total. The van der Waals surface area contributed by atoms with Crippen LogP contribution in [0.15, 0.2) is 30.3 Å². The van der Waals surface area contributed by atoms with Crippen LogP contribution in [0.25, 0.3) is 0 Å². The van der Waals surface area contributed by atoms with Gasteiger partial charge < -0.3 is 5.32 Å². The Bertz CT molecular complexity index is 366. The standard InChI is InChI=1S/C14H19NOS/c1-15-10-11-7-8-13(9-11)17-14(16)12-5-3-2-4-6-12/h2-6,11,13,15H,7-10H2,1H3/t11-,13-/m0/s1. The van der Waals surface area contributed by atoms with Crippen molar-refractivity contribution in [2.24, 2.45) is 5.92 Å². The third kappa shape index (κ3) is 3.58. The first-order valence-electron chi connectivity index (χ1n) is 6.20. The lowest BCUT2D eigenvalue weighted by atomic mass is 10.1. The first-order valence-corrected chi connectivity index (χ1v) is 7.08. The highest BCUT2D eigenvalue weighted by atomic mass is 32.2. The summed E-state index contributed by atoms with van der Waals surface area (Å²) in [4.78, 5) is 12.0. The van der Waals surface area contributed by atoms with E-state index in [1.807, 2.05) is 37.4 Å². The fourth-order valence-electron chi connectivity index (χ4n) is 2.40. The van der Waals surface area contributed by atoms with Gasteiger partial charge in [-0.3, -0.25) is 4.79 Å². The smallest absolute Gasteiger partial charge is 0.219 e. The number of hydrogen-bond donors (Lipinski definition) is 1. The molecular formula is C14H19NOS. The molecule has 2 nitrogen and oxygen atoms in total. The first kappa shape index (κ1) is 12.7. The Hall–Kier alpha value is -0.800. The van der Waals surface area contributed by atoms with Gasteiger partial charge in [0.2, 0.25) is 5.12 Å². The van der Waals surface area contributed by atoms with E-state index in [4.69, 9.17) is 0 Å². The Morgan fingerprint density at radius 3 is 2.82 bits per heavy atom. The highest BCUT2D eigenvalue weighted by Crippen LogP contribution is 2.35. The largest absolute Gasteiger partial charge is 0.319 e. The molecule has 17 heavy (non-hydrogen) atoms. The molecule has 1 aliphatic carbocycles. The number of carbonyl (C=O) groups excluding carboxylic acids is 1. The minimum Gasteiger partial charge on any atom is -0.319 e. The summed E-state index contributed by atoms with van der Waals surface area (Å²) in [6, 6.07) is 9.59. The van der Waals surface area contributed by atoms with E-state index in [9.17, 15) is 4.79 Å². The Morgan fingerprint density at radius 2 is 2.12 bits per heavy atom. The van der Waals surface area contributed by atoms with Crippen molar-refractivity contribution >= 4 is 16.9 Å². The Morgan fingerprint density at radius 1 is 1.35 bits per heavy atom. The summed E-state index contributed by atoms with van der Waals surface area (Å²) in [6.45, 7) is 1.08. The van der Waals surface area contributed by atoms with Crippen LogP contribution in [0.4, 0.5) is 0 Å². The van der Waals surface area contributed by atoms with Gasteiger partial charge in [-0.25, -0.2) is 0 Å². The molecular weight excluding hydrogens is 230 g/mol. The third-order valence-corrected chi connectivity index (χ3v) is 4.48. The van der Waals surface area contributed by atoms with E-state index < -0.39 is 0 Å². The fourth-order valence-corrected chi connectivity index (χ4v) is 3.60. The Balaban J connectivity index is 1.84. The van der Waals surface area contributed by atoms with Gasteiger partial charge in [0.05, 0.1) is 0 Å². The van der Waals surface area contributed by atoms with Crippen LogP contribution in [0, 0.1) is 5.92 Å². The first-order chi connectivity index (χ1) is 8.29. The highest BCUT2D eigenvalue weighted by molar-refractivity contribution is 8.14. The van der Waals surface area contributed by atoms with Crippen molar-refractivity contribution in [2.45, 2.75) is 24.5 Å². The topological polar surface area (TPSA) is 29.1 Å². The second kappa shape index (κ2) is 6.22. The van der Waals surface area contributed by atoms with Gasteiger partial charge in [0.25, 0.3) is 0 Å². The van der Waals surface area contributed by atoms with Gasteiger partial charge in [-0.15, -0.1) is 0 Å². The van der Waals surface area contributed by atoms with E-state index in [0.717, 1.165) is 18.0 Å². The van der Waals surface area contributed by atoms with Crippen molar-refractivity contribution in [3.8, 4) is 0 Å². The van der Waals surface area contributed by atoms with E-state index in [1.165, 1.54) is 31.0 Å². The molecule has 0 saturated heterocycles. The minimum absolute atomic E-state index is 0.223. The van der Waals surface area contributed by atoms with Crippen LogP contribution in [-0.2, 0) is 0 Å². The SMILES string of the molecule is CNC[C@H]1CC[C@H](SC(=O)c2ccccc2)C1. The Labute approximate surface area is 107 Å². The fraction of sp³-hybridized carbons (Fsp3) is 0.500. The quantitative estimate of drug-likeness (QED) is 0.889. The van der Waals surface area contributed by atoms with Gasteiger partial charge in [-0.1, -0.05) is 42.1 Å².